The Hall–Kier alpha value is -3.84. The second kappa shape index (κ2) is 9.57. The van der Waals surface area contributed by atoms with Crippen LogP contribution in [0.5, 0.6) is 5.75 Å². The summed E-state index contributed by atoms with van der Waals surface area (Å²) >= 11 is 1.49. The number of hydrogen-bond donors (Lipinski definition) is 0. The number of para-hydroxylation sites is 1. The summed E-state index contributed by atoms with van der Waals surface area (Å²) in [5, 5.41) is 1.27. The van der Waals surface area contributed by atoms with E-state index < -0.39 is 0 Å². The average molecular weight is 470 g/mol. The fourth-order valence-electron chi connectivity index (χ4n) is 3.72. The first-order valence-corrected chi connectivity index (χ1v) is 11.9. The lowest BCUT2D eigenvalue weighted by Crippen LogP contribution is -2.24. The van der Waals surface area contributed by atoms with Crippen molar-refractivity contribution in [1.29, 1.82) is 0 Å². The second-order valence-corrected chi connectivity index (χ2v) is 8.77. The fourth-order valence-corrected chi connectivity index (χ4v) is 4.72. The van der Waals surface area contributed by atoms with E-state index in [-0.39, 0.29) is 5.56 Å². The van der Waals surface area contributed by atoms with Crippen LogP contribution in [0.1, 0.15) is 17.0 Å². The van der Waals surface area contributed by atoms with Crippen LogP contribution >= 0.6 is 11.8 Å². The zero-order chi connectivity index (χ0) is 23.5. The molecule has 0 aliphatic carbocycles. The minimum atomic E-state index is -0.0484. The Bertz CT molecular complexity index is 1490. The summed E-state index contributed by atoms with van der Waals surface area (Å²) in [5.74, 6) is 2.62. The summed E-state index contributed by atoms with van der Waals surface area (Å²) < 4.78 is 12.9. The van der Waals surface area contributed by atoms with E-state index in [4.69, 9.17) is 19.1 Å². The molecule has 0 fully saturated rings. The maximum absolute atomic E-state index is 13.3. The molecule has 3 aromatic carbocycles. The second-order valence-electron chi connectivity index (χ2n) is 7.83. The van der Waals surface area contributed by atoms with Gasteiger partial charge in [-0.15, -0.1) is 0 Å². The number of benzene rings is 3. The van der Waals surface area contributed by atoms with E-state index in [9.17, 15) is 4.79 Å². The molecule has 2 aromatic heterocycles. The van der Waals surface area contributed by atoms with E-state index in [1.54, 1.807) is 11.7 Å². The van der Waals surface area contributed by atoms with Crippen molar-refractivity contribution in [3.05, 3.63) is 106 Å². The van der Waals surface area contributed by atoms with Crippen molar-refractivity contribution in [3.63, 3.8) is 0 Å². The molecule has 0 saturated heterocycles. The molecule has 0 saturated carbocycles. The van der Waals surface area contributed by atoms with Crippen molar-refractivity contribution in [2.24, 2.45) is 0 Å². The molecule has 34 heavy (non-hydrogen) atoms. The molecule has 0 aliphatic rings. The molecule has 7 heteroatoms. The van der Waals surface area contributed by atoms with Crippen LogP contribution in [0.15, 0.2) is 93.2 Å². The Morgan fingerprint density at radius 2 is 1.68 bits per heavy atom. The van der Waals surface area contributed by atoms with Crippen molar-refractivity contribution < 1.29 is 9.15 Å². The summed E-state index contributed by atoms with van der Waals surface area (Å²) in [6.45, 7) is 2.36. The summed E-state index contributed by atoms with van der Waals surface area (Å²) in [6.07, 6.45) is 0. The first-order chi connectivity index (χ1) is 16.6. The standard InChI is InChI=1S/C27H23N3O3S/c1-18-24(28-25(33-18)20-12-14-21(32-2)15-13-20)17-34-27-29-23-11-7-6-10-22(23)26(31)30(27)16-19-8-4-3-5-9-19/h3-15H,16-17H2,1-2H3. The summed E-state index contributed by atoms with van der Waals surface area (Å²) in [6, 6.07) is 25.0. The maximum Gasteiger partial charge on any atom is 0.262 e. The number of aromatic nitrogens is 3. The van der Waals surface area contributed by atoms with E-state index in [1.165, 1.54) is 11.8 Å². The molecule has 0 N–H and O–H groups in total. The Labute approximate surface area is 201 Å². The van der Waals surface area contributed by atoms with Crippen molar-refractivity contribution in [3.8, 4) is 17.2 Å². The molecule has 170 valence electrons. The maximum atomic E-state index is 13.3. The number of methoxy groups -OCH3 is 1. The van der Waals surface area contributed by atoms with Crippen LogP contribution in [-0.4, -0.2) is 21.6 Å². The molecule has 0 radical (unpaired) electrons. The van der Waals surface area contributed by atoms with Gasteiger partial charge in [-0.1, -0.05) is 54.2 Å². The van der Waals surface area contributed by atoms with Gasteiger partial charge in [-0.2, -0.15) is 0 Å². The molecule has 5 rings (SSSR count). The summed E-state index contributed by atoms with van der Waals surface area (Å²) in [4.78, 5) is 22.9. The molecular formula is C27H23N3O3S. The largest absolute Gasteiger partial charge is 0.497 e. The number of aryl methyl sites for hydroxylation is 1. The zero-order valence-electron chi connectivity index (χ0n) is 18.9. The first-order valence-electron chi connectivity index (χ1n) is 10.9. The highest BCUT2D eigenvalue weighted by Crippen LogP contribution is 2.28. The molecule has 0 spiro atoms. The van der Waals surface area contributed by atoms with E-state index in [2.05, 4.69) is 0 Å². The Kier molecular flexibility index (Phi) is 6.18. The number of oxazole rings is 1. The average Bonchev–Trinajstić information content (AvgIpc) is 3.25. The van der Waals surface area contributed by atoms with Crippen LogP contribution in [0.25, 0.3) is 22.4 Å². The summed E-state index contributed by atoms with van der Waals surface area (Å²) in [5.41, 5.74) is 3.39. The van der Waals surface area contributed by atoms with E-state index in [1.807, 2.05) is 85.8 Å². The number of rotatable bonds is 7. The van der Waals surface area contributed by atoms with Gasteiger partial charge in [0.1, 0.15) is 11.5 Å². The molecule has 2 heterocycles. The zero-order valence-corrected chi connectivity index (χ0v) is 19.7. The number of fused-ring (bicyclic) bond motifs is 1. The lowest BCUT2D eigenvalue weighted by Gasteiger charge is -2.13. The van der Waals surface area contributed by atoms with Gasteiger partial charge in [0.05, 0.1) is 30.3 Å². The first kappa shape index (κ1) is 22.0. The minimum Gasteiger partial charge on any atom is -0.497 e. The van der Waals surface area contributed by atoms with Gasteiger partial charge in [0.2, 0.25) is 5.89 Å². The van der Waals surface area contributed by atoms with Crippen molar-refractivity contribution >= 4 is 22.7 Å². The van der Waals surface area contributed by atoms with Gasteiger partial charge in [-0.3, -0.25) is 9.36 Å². The Balaban J connectivity index is 1.46. The van der Waals surface area contributed by atoms with Crippen LogP contribution in [-0.2, 0) is 12.3 Å². The predicted molar refractivity (Wildman–Crippen MR) is 134 cm³/mol. The molecule has 5 aromatic rings. The fraction of sp³-hybridized carbons (Fsp3) is 0.148. The molecular weight excluding hydrogens is 446 g/mol. The van der Waals surface area contributed by atoms with Crippen LogP contribution in [0.2, 0.25) is 0 Å². The third-order valence-electron chi connectivity index (χ3n) is 5.58. The topological polar surface area (TPSA) is 70.2 Å². The van der Waals surface area contributed by atoms with Gasteiger partial charge in [0, 0.05) is 11.3 Å². The third kappa shape index (κ3) is 4.47. The lowest BCUT2D eigenvalue weighted by atomic mass is 10.2. The van der Waals surface area contributed by atoms with Crippen molar-refractivity contribution in [2.75, 3.05) is 7.11 Å². The van der Waals surface area contributed by atoms with Gasteiger partial charge < -0.3 is 9.15 Å². The van der Waals surface area contributed by atoms with Gasteiger partial charge in [0.15, 0.2) is 5.16 Å². The highest BCUT2D eigenvalue weighted by molar-refractivity contribution is 7.98. The third-order valence-corrected chi connectivity index (χ3v) is 6.57. The van der Waals surface area contributed by atoms with Gasteiger partial charge in [-0.05, 0) is 48.9 Å². The summed E-state index contributed by atoms with van der Waals surface area (Å²) in [7, 11) is 1.64. The normalized spacial score (nSPS) is 11.1. The molecule has 6 nitrogen and oxygen atoms in total. The van der Waals surface area contributed by atoms with Gasteiger partial charge in [0.25, 0.3) is 5.56 Å². The highest BCUT2D eigenvalue weighted by Gasteiger charge is 2.16. The molecule has 0 amide bonds. The quantitative estimate of drug-likeness (QED) is 0.225. The number of ether oxygens (including phenoxy) is 1. The van der Waals surface area contributed by atoms with Crippen LogP contribution in [0.4, 0.5) is 0 Å². The minimum absolute atomic E-state index is 0.0484. The van der Waals surface area contributed by atoms with E-state index >= 15 is 0 Å². The highest BCUT2D eigenvalue weighted by atomic mass is 32.2. The SMILES string of the molecule is COc1ccc(-c2nc(CSc3nc4ccccc4c(=O)n3Cc3ccccc3)c(C)o2)cc1. The van der Waals surface area contributed by atoms with E-state index in [0.717, 1.165) is 28.3 Å². The Morgan fingerprint density at radius 3 is 2.44 bits per heavy atom. The predicted octanol–water partition coefficient (Wildman–Crippen LogP) is 5.71. The smallest absolute Gasteiger partial charge is 0.262 e. The van der Waals surface area contributed by atoms with Crippen LogP contribution in [0, 0.1) is 6.92 Å². The molecule has 0 atom stereocenters. The van der Waals surface area contributed by atoms with E-state index in [0.29, 0.717) is 34.2 Å². The van der Waals surface area contributed by atoms with Crippen molar-refractivity contribution in [2.45, 2.75) is 24.4 Å². The van der Waals surface area contributed by atoms with Crippen LogP contribution in [0.3, 0.4) is 0 Å². The molecule has 0 bridgehead atoms. The Morgan fingerprint density at radius 1 is 0.941 bits per heavy atom. The monoisotopic (exact) mass is 469 g/mol. The lowest BCUT2D eigenvalue weighted by molar-refractivity contribution is 0.415. The number of thioether (sulfide) groups is 1. The number of hydrogen-bond acceptors (Lipinski definition) is 6. The van der Waals surface area contributed by atoms with Crippen LogP contribution < -0.4 is 10.3 Å². The van der Waals surface area contributed by atoms with Crippen molar-refractivity contribution in [1.82, 2.24) is 14.5 Å². The van der Waals surface area contributed by atoms with Gasteiger partial charge in [-0.25, -0.2) is 9.97 Å². The van der Waals surface area contributed by atoms with Gasteiger partial charge >= 0.3 is 0 Å². The number of nitrogens with zero attached hydrogens (tertiary/aromatic N) is 3. The molecule has 0 aliphatic heterocycles. The molecule has 0 unspecified atom stereocenters.